The number of carboxylic acids is 1. The first-order chi connectivity index (χ1) is 6.22. The Hall–Kier alpha value is -0.610. The van der Waals surface area contributed by atoms with Gasteiger partial charge < -0.3 is 14.6 Å². The Balaban J connectivity index is 3.61. The SMILES string of the molecule is CCCCOC(OCCC)C(=O)O. The van der Waals surface area contributed by atoms with Gasteiger partial charge in [0.15, 0.2) is 0 Å². The predicted molar refractivity (Wildman–Crippen MR) is 48.5 cm³/mol. The van der Waals surface area contributed by atoms with Crippen molar-refractivity contribution in [1.29, 1.82) is 0 Å². The van der Waals surface area contributed by atoms with Gasteiger partial charge in [0.05, 0.1) is 13.2 Å². The van der Waals surface area contributed by atoms with Crippen LogP contribution < -0.4 is 0 Å². The Morgan fingerprint density at radius 2 is 1.85 bits per heavy atom. The van der Waals surface area contributed by atoms with Crippen molar-refractivity contribution in [3.05, 3.63) is 0 Å². The lowest BCUT2D eigenvalue weighted by Crippen LogP contribution is -2.27. The van der Waals surface area contributed by atoms with E-state index in [9.17, 15) is 4.79 Å². The molecule has 4 nitrogen and oxygen atoms in total. The summed E-state index contributed by atoms with van der Waals surface area (Å²) in [7, 11) is 0. The highest BCUT2D eigenvalue weighted by Gasteiger charge is 2.17. The first-order valence-corrected chi connectivity index (χ1v) is 4.68. The summed E-state index contributed by atoms with van der Waals surface area (Å²) in [5.41, 5.74) is 0. The Morgan fingerprint density at radius 3 is 2.31 bits per heavy atom. The Labute approximate surface area is 78.8 Å². The summed E-state index contributed by atoms with van der Waals surface area (Å²) in [5.74, 6) is -1.05. The molecule has 0 aromatic heterocycles. The fourth-order valence-corrected chi connectivity index (χ4v) is 0.750. The van der Waals surface area contributed by atoms with E-state index in [-0.39, 0.29) is 0 Å². The molecule has 1 atom stereocenters. The van der Waals surface area contributed by atoms with Gasteiger partial charge in [-0.2, -0.15) is 0 Å². The van der Waals surface area contributed by atoms with E-state index < -0.39 is 12.3 Å². The zero-order valence-corrected chi connectivity index (χ0v) is 8.28. The number of carboxylic acid groups (broad SMARTS) is 1. The maximum Gasteiger partial charge on any atom is 0.361 e. The van der Waals surface area contributed by atoms with Crippen molar-refractivity contribution >= 4 is 5.97 Å². The van der Waals surface area contributed by atoms with Crippen molar-refractivity contribution in [3.63, 3.8) is 0 Å². The molecule has 0 bridgehead atoms. The van der Waals surface area contributed by atoms with Gasteiger partial charge in [-0.1, -0.05) is 20.3 Å². The van der Waals surface area contributed by atoms with E-state index in [1.807, 2.05) is 13.8 Å². The van der Waals surface area contributed by atoms with Gasteiger partial charge in [-0.15, -0.1) is 0 Å². The quantitative estimate of drug-likeness (QED) is 0.467. The van der Waals surface area contributed by atoms with E-state index >= 15 is 0 Å². The number of hydrogen-bond acceptors (Lipinski definition) is 3. The molecule has 13 heavy (non-hydrogen) atoms. The lowest BCUT2D eigenvalue weighted by atomic mass is 10.4. The van der Waals surface area contributed by atoms with Crippen LogP contribution in [0.25, 0.3) is 0 Å². The van der Waals surface area contributed by atoms with Crippen LogP contribution in [0.1, 0.15) is 33.1 Å². The van der Waals surface area contributed by atoms with Gasteiger partial charge in [0.25, 0.3) is 6.29 Å². The highest BCUT2D eigenvalue weighted by molar-refractivity contribution is 5.70. The normalized spacial score (nSPS) is 12.8. The van der Waals surface area contributed by atoms with Gasteiger partial charge in [0.1, 0.15) is 0 Å². The second-order valence-corrected chi connectivity index (χ2v) is 2.77. The molecular formula is C9H18O4. The van der Waals surface area contributed by atoms with Crippen molar-refractivity contribution in [1.82, 2.24) is 0 Å². The lowest BCUT2D eigenvalue weighted by Gasteiger charge is -2.13. The Bertz CT molecular complexity index is 136. The van der Waals surface area contributed by atoms with Crippen molar-refractivity contribution in [3.8, 4) is 0 Å². The molecule has 1 N–H and O–H groups in total. The van der Waals surface area contributed by atoms with Gasteiger partial charge >= 0.3 is 5.97 Å². The van der Waals surface area contributed by atoms with Crippen molar-refractivity contribution in [2.45, 2.75) is 39.4 Å². The topological polar surface area (TPSA) is 55.8 Å². The third kappa shape index (κ3) is 6.54. The van der Waals surface area contributed by atoms with Crippen LogP contribution in [-0.4, -0.2) is 30.6 Å². The molecule has 0 fully saturated rings. The highest BCUT2D eigenvalue weighted by Crippen LogP contribution is 1.99. The Kier molecular flexibility index (Phi) is 7.63. The van der Waals surface area contributed by atoms with Crippen LogP contribution in [0.5, 0.6) is 0 Å². The number of carbonyl (C=O) groups is 1. The van der Waals surface area contributed by atoms with Crippen LogP contribution in [0.3, 0.4) is 0 Å². The maximum absolute atomic E-state index is 10.5. The minimum atomic E-state index is -1.09. The molecule has 0 radical (unpaired) electrons. The fourth-order valence-electron chi connectivity index (χ4n) is 0.750. The summed E-state index contributed by atoms with van der Waals surface area (Å²) in [5, 5.41) is 8.65. The van der Waals surface area contributed by atoms with Crippen molar-refractivity contribution in [2.24, 2.45) is 0 Å². The summed E-state index contributed by atoms with van der Waals surface area (Å²) < 4.78 is 10.0. The number of rotatable bonds is 8. The Morgan fingerprint density at radius 1 is 1.23 bits per heavy atom. The zero-order valence-electron chi connectivity index (χ0n) is 8.28. The molecule has 0 heterocycles. The van der Waals surface area contributed by atoms with Crippen LogP contribution in [0.15, 0.2) is 0 Å². The standard InChI is InChI=1S/C9H18O4/c1-3-5-7-13-9(8(10)11)12-6-4-2/h9H,3-7H2,1-2H3,(H,10,11). The number of unbranched alkanes of at least 4 members (excludes halogenated alkanes) is 1. The summed E-state index contributed by atoms with van der Waals surface area (Å²) in [6.45, 7) is 4.80. The lowest BCUT2D eigenvalue weighted by molar-refractivity contribution is -0.189. The molecule has 0 rings (SSSR count). The summed E-state index contributed by atoms with van der Waals surface area (Å²) >= 11 is 0. The van der Waals surface area contributed by atoms with E-state index in [4.69, 9.17) is 14.6 Å². The average molecular weight is 190 g/mol. The number of aliphatic carboxylic acids is 1. The van der Waals surface area contributed by atoms with Gasteiger partial charge in [-0.3, -0.25) is 0 Å². The molecule has 0 spiro atoms. The van der Waals surface area contributed by atoms with Gasteiger partial charge in [-0.05, 0) is 12.8 Å². The molecule has 0 aliphatic rings. The third-order valence-corrected chi connectivity index (χ3v) is 1.44. The molecule has 0 saturated carbocycles. The smallest absolute Gasteiger partial charge is 0.361 e. The molecule has 4 heteroatoms. The first kappa shape index (κ1) is 12.4. The minimum Gasteiger partial charge on any atom is -0.477 e. The van der Waals surface area contributed by atoms with Crippen LogP contribution >= 0.6 is 0 Å². The first-order valence-electron chi connectivity index (χ1n) is 4.68. The van der Waals surface area contributed by atoms with Crippen LogP contribution in [0, 0.1) is 0 Å². The molecule has 0 aromatic rings. The van der Waals surface area contributed by atoms with Crippen LogP contribution in [0.4, 0.5) is 0 Å². The van der Waals surface area contributed by atoms with E-state index in [0.717, 1.165) is 19.3 Å². The predicted octanol–water partition coefficient (Wildman–Crippen LogP) is 1.64. The van der Waals surface area contributed by atoms with Gasteiger partial charge in [0, 0.05) is 0 Å². The van der Waals surface area contributed by atoms with Crippen molar-refractivity contribution in [2.75, 3.05) is 13.2 Å². The molecule has 1 unspecified atom stereocenters. The second-order valence-electron chi connectivity index (χ2n) is 2.77. The van der Waals surface area contributed by atoms with E-state index in [0.29, 0.717) is 13.2 Å². The third-order valence-electron chi connectivity index (χ3n) is 1.44. The van der Waals surface area contributed by atoms with E-state index in [1.54, 1.807) is 0 Å². The summed E-state index contributed by atoms with van der Waals surface area (Å²) in [4.78, 5) is 10.5. The second kappa shape index (κ2) is 8.01. The van der Waals surface area contributed by atoms with E-state index in [1.165, 1.54) is 0 Å². The maximum atomic E-state index is 10.5. The van der Waals surface area contributed by atoms with Gasteiger partial charge in [0.2, 0.25) is 0 Å². The molecule has 0 aliphatic carbocycles. The zero-order chi connectivity index (χ0) is 10.1. The molecule has 0 amide bonds. The molecular weight excluding hydrogens is 172 g/mol. The summed E-state index contributed by atoms with van der Waals surface area (Å²) in [6.07, 6.45) is 1.55. The van der Waals surface area contributed by atoms with E-state index in [2.05, 4.69) is 0 Å². The van der Waals surface area contributed by atoms with Crippen LogP contribution in [-0.2, 0) is 14.3 Å². The number of ether oxygens (including phenoxy) is 2. The largest absolute Gasteiger partial charge is 0.477 e. The molecule has 0 aromatic carbocycles. The fraction of sp³-hybridized carbons (Fsp3) is 0.889. The van der Waals surface area contributed by atoms with Crippen LogP contribution in [0.2, 0.25) is 0 Å². The molecule has 0 aliphatic heterocycles. The van der Waals surface area contributed by atoms with Gasteiger partial charge in [-0.25, -0.2) is 4.79 Å². The number of hydrogen-bond donors (Lipinski definition) is 1. The summed E-state index contributed by atoms with van der Waals surface area (Å²) in [6, 6.07) is 0. The highest BCUT2D eigenvalue weighted by atomic mass is 16.7. The monoisotopic (exact) mass is 190 g/mol. The van der Waals surface area contributed by atoms with Crippen molar-refractivity contribution < 1.29 is 19.4 Å². The minimum absolute atomic E-state index is 0.420. The average Bonchev–Trinajstić information content (AvgIpc) is 2.10. The molecule has 0 saturated heterocycles. The molecule has 78 valence electrons.